The van der Waals surface area contributed by atoms with Gasteiger partial charge in [0.15, 0.2) is 15.5 Å². The number of aryl methyl sites for hydroxylation is 1. The maximum absolute atomic E-state index is 13.3. The van der Waals surface area contributed by atoms with Gasteiger partial charge in [0.2, 0.25) is 0 Å². The van der Waals surface area contributed by atoms with Crippen LogP contribution in [0.4, 0.5) is 0 Å². The molecule has 0 spiro atoms. The average molecular weight is 477 g/mol. The van der Waals surface area contributed by atoms with E-state index < -0.39 is 15.8 Å². The van der Waals surface area contributed by atoms with Crippen LogP contribution < -0.4 is 0 Å². The number of hydrogen-bond donors (Lipinski definition) is 0. The molecule has 1 atom stereocenters. The summed E-state index contributed by atoms with van der Waals surface area (Å²) in [6.45, 7) is 1.93. The van der Waals surface area contributed by atoms with Crippen LogP contribution in [0.15, 0.2) is 42.6 Å². The van der Waals surface area contributed by atoms with Gasteiger partial charge in [-0.25, -0.2) is 22.9 Å². The van der Waals surface area contributed by atoms with Crippen molar-refractivity contribution < 1.29 is 17.9 Å². The minimum Gasteiger partial charge on any atom is -0.457 e. The van der Waals surface area contributed by atoms with Crippen molar-refractivity contribution in [3.05, 3.63) is 65.1 Å². The molecule has 1 saturated heterocycles. The standard InChI is InChI=1S/C25H24N4O4S/c1-15-22-20(25(30)33-13-18-5-2-4-17-6-3-10-26-23(17)18)12-21(16-7-8-16)27-24(22)29(28-15)19-9-11-34(31,32)14-19/h2-6,10,12,16,19H,7-9,11,13-14H2,1H3. The van der Waals surface area contributed by atoms with Gasteiger partial charge in [0.25, 0.3) is 0 Å². The van der Waals surface area contributed by atoms with Gasteiger partial charge in [-0.05, 0) is 38.3 Å². The molecule has 1 aromatic carbocycles. The lowest BCUT2D eigenvalue weighted by molar-refractivity contribution is 0.0476. The highest BCUT2D eigenvalue weighted by Gasteiger charge is 2.34. The van der Waals surface area contributed by atoms with Gasteiger partial charge in [0.05, 0.1) is 39.7 Å². The lowest BCUT2D eigenvalue weighted by Gasteiger charge is -2.12. The second-order valence-electron chi connectivity index (χ2n) is 9.22. The van der Waals surface area contributed by atoms with Gasteiger partial charge in [-0.1, -0.05) is 24.3 Å². The number of pyridine rings is 2. The van der Waals surface area contributed by atoms with E-state index in [1.54, 1.807) is 10.9 Å². The first-order valence-electron chi connectivity index (χ1n) is 11.5. The average Bonchev–Trinajstić information content (AvgIpc) is 3.55. The number of benzene rings is 1. The van der Waals surface area contributed by atoms with Gasteiger partial charge >= 0.3 is 5.97 Å². The smallest absolute Gasteiger partial charge is 0.339 e. The third kappa shape index (κ3) is 3.73. The first kappa shape index (κ1) is 21.2. The Kier molecular flexibility index (Phi) is 4.91. The molecule has 8 nitrogen and oxygen atoms in total. The summed E-state index contributed by atoms with van der Waals surface area (Å²) in [4.78, 5) is 22.6. The molecule has 4 heterocycles. The summed E-state index contributed by atoms with van der Waals surface area (Å²) in [5.74, 6) is 0.0685. The molecule has 1 saturated carbocycles. The molecule has 174 valence electrons. The fourth-order valence-corrected chi connectivity index (χ4v) is 6.50. The summed E-state index contributed by atoms with van der Waals surface area (Å²) < 4.78 is 31.7. The molecule has 34 heavy (non-hydrogen) atoms. The van der Waals surface area contributed by atoms with Crippen molar-refractivity contribution in [2.45, 2.75) is 44.8 Å². The van der Waals surface area contributed by atoms with Gasteiger partial charge in [0.1, 0.15) is 6.61 Å². The first-order valence-corrected chi connectivity index (χ1v) is 13.3. The van der Waals surface area contributed by atoms with E-state index in [-0.39, 0.29) is 24.2 Å². The van der Waals surface area contributed by atoms with Crippen molar-refractivity contribution in [3.8, 4) is 0 Å². The molecule has 0 N–H and O–H groups in total. The monoisotopic (exact) mass is 476 g/mol. The van der Waals surface area contributed by atoms with Gasteiger partial charge in [0, 0.05) is 28.8 Å². The number of carbonyl (C=O) groups excluding carboxylic acids is 1. The van der Waals surface area contributed by atoms with E-state index in [2.05, 4.69) is 10.1 Å². The minimum absolute atomic E-state index is 0.0480. The van der Waals surface area contributed by atoms with E-state index in [1.165, 1.54) is 0 Å². The number of rotatable bonds is 5. The molecule has 9 heteroatoms. The Labute approximate surface area is 196 Å². The Hall–Kier alpha value is -3.33. The maximum Gasteiger partial charge on any atom is 0.339 e. The predicted octanol–water partition coefficient (Wildman–Crippen LogP) is 3.88. The molecule has 1 aliphatic carbocycles. The zero-order chi connectivity index (χ0) is 23.4. The Morgan fingerprint density at radius 3 is 2.76 bits per heavy atom. The molecule has 6 rings (SSSR count). The predicted molar refractivity (Wildman–Crippen MR) is 127 cm³/mol. The molecule has 1 unspecified atom stereocenters. The van der Waals surface area contributed by atoms with Crippen molar-refractivity contribution in [1.29, 1.82) is 0 Å². The Morgan fingerprint density at radius 2 is 2.00 bits per heavy atom. The van der Waals surface area contributed by atoms with Gasteiger partial charge < -0.3 is 4.74 Å². The SMILES string of the molecule is Cc1nn(C2CCS(=O)(=O)C2)c2nc(C3CC3)cc(C(=O)OCc3cccc4cccnc34)c12. The number of sulfone groups is 1. The minimum atomic E-state index is -3.09. The Morgan fingerprint density at radius 1 is 1.18 bits per heavy atom. The molecular formula is C25H24N4O4S. The molecule has 4 aromatic rings. The molecule has 1 aliphatic heterocycles. The topological polar surface area (TPSA) is 104 Å². The van der Waals surface area contributed by atoms with Crippen molar-refractivity contribution >= 4 is 37.7 Å². The molecular weight excluding hydrogens is 452 g/mol. The second kappa shape index (κ2) is 7.87. The zero-order valence-corrected chi connectivity index (χ0v) is 19.6. The number of fused-ring (bicyclic) bond motifs is 2. The fourth-order valence-electron chi connectivity index (χ4n) is 4.81. The van der Waals surface area contributed by atoms with E-state index in [4.69, 9.17) is 9.72 Å². The third-order valence-corrected chi connectivity index (χ3v) is 8.45. The first-order chi connectivity index (χ1) is 16.4. The van der Waals surface area contributed by atoms with Crippen LogP contribution in [-0.2, 0) is 21.2 Å². The quantitative estimate of drug-likeness (QED) is 0.403. The lowest BCUT2D eigenvalue weighted by atomic mass is 10.1. The largest absolute Gasteiger partial charge is 0.457 e. The summed E-state index contributed by atoms with van der Waals surface area (Å²) in [6.07, 6.45) is 4.28. The van der Waals surface area contributed by atoms with Crippen LogP contribution in [0.1, 0.15) is 58.5 Å². The van der Waals surface area contributed by atoms with Crippen LogP contribution in [0.3, 0.4) is 0 Å². The van der Waals surface area contributed by atoms with Gasteiger partial charge in [-0.3, -0.25) is 4.98 Å². The number of ether oxygens (including phenoxy) is 1. The molecule has 3 aromatic heterocycles. The fraction of sp³-hybridized carbons (Fsp3) is 0.360. The highest BCUT2D eigenvalue weighted by molar-refractivity contribution is 7.91. The lowest BCUT2D eigenvalue weighted by Crippen LogP contribution is -2.14. The second-order valence-corrected chi connectivity index (χ2v) is 11.5. The van der Waals surface area contributed by atoms with Crippen molar-refractivity contribution in [2.75, 3.05) is 11.5 Å². The summed E-state index contributed by atoms with van der Waals surface area (Å²) >= 11 is 0. The highest BCUT2D eigenvalue weighted by atomic mass is 32.2. The molecule has 2 fully saturated rings. The van der Waals surface area contributed by atoms with Crippen LogP contribution in [0.25, 0.3) is 21.9 Å². The molecule has 0 amide bonds. The number of esters is 1. The van der Waals surface area contributed by atoms with Crippen molar-refractivity contribution in [3.63, 3.8) is 0 Å². The normalized spacial score (nSPS) is 19.6. The van der Waals surface area contributed by atoms with E-state index in [0.29, 0.717) is 34.6 Å². The maximum atomic E-state index is 13.3. The van der Waals surface area contributed by atoms with Gasteiger partial charge in [-0.2, -0.15) is 5.10 Å². The molecule has 2 aliphatic rings. The van der Waals surface area contributed by atoms with Gasteiger partial charge in [-0.15, -0.1) is 0 Å². The van der Waals surface area contributed by atoms with Crippen molar-refractivity contribution in [2.24, 2.45) is 0 Å². The van der Waals surface area contributed by atoms with Crippen LogP contribution in [0, 0.1) is 6.92 Å². The van der Waals surface area contributed by atoms with E-state index in [0.717, 1.165) is 35.0 Å². The van der Waals surface area contributed by atoms with E-state index in [9.17, 15) is 13.2 Å². The summed E-state index contributed by atoms with van der Waals surface area (Å²) in [7, 11) is -3.09. The summed E-state index contributed by atoms with van der Waals surface area (Å²) in [5.41, 5.74) is 4.14. The summed E-state index contributed by atoms with van der Waals surface area (Å²) in [6, 6.07) is 11.2. The number of aromatic nitrogens is 4. The number of nitrogens with zero attached hydrogens (tertiary/aromatic N) is 4. The molecule has 0 radical (unpaired) electrons. The van der Waals surface area contributed by atoms with Crippen LogP contribution in [0.2, 0.25) is 0 Å². The van der Waals surface area contributed by atoms with Crippen LogP contribution >= 0.6 is 0 Å². The Bertz CT molecular complexity index is 1550. The molecule has 0 bridgehead atoms. The van der Waals surface area contributed by atoms with E-state index in [1.807, 2.05) is 43.3 Å². The number of para-hydroxylation sites is 1. The van der Waals surface area contributed by atoms with E-state index >= 15 is 0 Å². The van der Waals surface area contributed by atoms with Crippen LogP contribution in [-0.4, -0.2) is 45.6 Å². The highest BCUT2D eigenvalue weighted by Crippen LogP contribution is 2.41. The number of hydrogen-bond acceptors (Lipinski definition) is 7. The zero-order valence-electron chi connectivity index (χ0n) is 18.8. The Balaban J connectivity index is 1.38. The third-order valence-electron chi connectivity index (χ3n) is 6.70. The summed E-state index contributed by atoms with van der Waals surface area (Å²) in [5, 5.41) is 6.25. The van der Waals surface area contributed by atoms with Crippen LogP contribution in [0.5, 0.6) is 0 Å². The number of carbonyl (C=O) groups is 1. The van der Waals surface area contributed by atoms with Crippen molar-refractivity contribution in [1.82, 2.24) is 19.7 Å².